The summed E-state index contributed by atoms with van der Waals surface area (Å²) in [5, 5.41) is -0.433. The molecule has 0 atom stereocenters. The average Bonchev–Trinajstić information content (AvgIpc) is 2.83. The van der Waals surface area contributed by atoms with Gasteiger partial charge in [-0.2, -0.15) is 0 Å². The monoisotopic (exact) mass is 327 g/mol. The number of anilines is 1. The summed E-state index contributed by atoms with van der Waals surface area (Å²) in [6.45, 7) is 0. The maximum atomic E-state index is 13.0. The number of nitrogens with zero attached hydrogens (tertiary/aromatic N) is 1. The summed E-state index contributed by atoms with van der Waals surface area (Å²) < 4.78 is 13.0. The number of benzene rings is 2. The molecule has 2 aromatic rings. The summed E-state index contributed by atoms with van der Waals surface area (Å²) in [7, 11) is 0. The number of carbonyl (C=O) groups excluding carboxylic acids is 3. The van der Waals surface area contributed by atoms with Gasteiger partial charge in [0.1, 0.15) is 12.1 Å². The van der Waals surface area contributed by atoms with E-state index in [1.165, 1.54) is 24.3 Å². The number of rotatable bonds is 3. The van der Waals surface area contributed by atoms with Crippen molar-refractivity contribution >= 4 is 41.0 Å². The van der Waals surface area contributed by atoms with E-state index in [0.717, 1.165) is 22.9 Å². The van der Waals surface area contributed by atoms with Crippen molar-refractivity contribution < 1.29 is 18.8 Å². The standard InChI is InChI=1S/C17H10FNO3S/c18-13-5-7-14(8-6-13)19-16(21)15(23-17(19)22)9-11-1-3-12(10-20)4-2-11/h1-10H/b15-9-. The Morgan fingerprint density at radius 1 is 0.913 bits per heavy atom. The number of amides is 2. The lowest BCUT2D eigenvalue weighted by molar-refractivity contribution is -0.113. The molecule has 114 valence electrons. The van der Waals surface area contributed by atoms with Crippen LogP contribution in [0.2, 0.25) is 0 Å². The van der Waals surface area contributed by atoms with Gasteiger partial charge in [0.2, 0.25) is 0 Å². The summed E-state index contributed by atoms with van der Waals surface area (Å²) in [4.78, 5) is 36.4. The average molecular weight is 327 g/mol. The minimum atomic E-state index is -0.453. The van der Waals surface area contributed by atoms with Crippen LogP contribution in [0.25, 0.3) is 6.08 Å². The molecule has 0 unspecified atom stereocenters. The molecule has 0 aliphatic carbocycles. The zero-order valence-electron chi connectivity index (χ0n) is 11.7. The van der Waals surface area contributed by atoms with Crippen LogP contribution >= 0.6 is 11.8 Å². The lowest BCUT2D eigenvalue weighted by Crippen LogP contribution is -2.27. The second kappa shape index (κ2) is 6.18. The van der Waals surface area contributed by atoms with Gasteiger partial charge in [0.05, 0.1) is 10.6 Å². The van der Waals surface area contributed by atoms with Gasteiger partial charge in [0, 0.05) is 5.56 Å². The van der Waals surface area contributed by atoms with Gasteiger partial charge in [-0.15, -0.1) is 0 Å². The van der Waals surface area contributed by atoms with Gasteiger partial charge in [0.15, 0.2) is 0 Å². The maximum Gasteiger partial charge on any atom is 0.298 e. The zero-order valence-corrected chi connectivity index (χ0v) is 12.5. The predicted octanol–water partition coefficient (Wildman–Crippen LogP) is 3.88. The first-order valence-electron chi connectivity index (χ1n) is 6.67. The first kappa shape index (κ1) is 15.2. The lowest BCUT2D eigenvalue weighted by atomic mass is 10.1. The van der Waals surface area contributed by atoms with E-state index in [1.54, 1.807) is 30.3 Å². The van der Waals surface area contributed by atoms with Crippen LogP contribution < -0.4 is 4.90 Å². The molecule has 1 saturated heterocycles. The Morgan fingerprint density at radius 3 is 2.13 bits per heavy atom. The summed E-state index contributed by atoms with van der Waals surface area (Å²) in [6, 6.07) is 11.8. The molecule has 1 heterocycles. The molecule has 0 aromatic heterocycles. The molecule has 1 fully saturated rings. The second-order valence-electron chi connectivity index (χ2n) is 4.78. The molecule has 0 saturated carbocycles. The molecule has 4 nitrogen and oxygen atoms in total. The van der Waals surface area contributed by atoms with Crippen LogP contribution in [0.1, 0.15) is 15.9 Å². The summed E-state index contributed by atoms with van der Waals surface area (Å²) >= 11 is 0.821. The molecular weight excluding hydrogens is 317 g/mol. The molecule has 0 bridgehead atoms. The van der Waals surface area contributed by atoms with Crippen LogP contribution in [-0.4, -0.2) is 17.4 Å². The van der Waals surface area contributed by atoms with Crippen molar-refractivity contribution in [1.29, 1.82) is 0 Å². The van der Waals surface area contributed by atoms with Crippen LogP contribution in [0.4, 0.5) is 14.9 Å². The van der Waals surface area contributed by atoms with E-state index < -0.39 is 17.0 Å². The third kappa shape index (κ3) is 3.07. The van der Waals surface area contributed by atoms with Crippen LogP contribution in [0.5, 0.6) is 0 Å². The smallest absolute Gasteiger partial charge is 0.298 e. The van der Waals surface area contributed by atoms with Gasteiger partial charge in [-0.25, -0.2) is 9.29 Å². The number of halogens is 1. The highest BCUT2D eigenvalue weighted by Gasteiger charge is 2.36. The van der Waals surface area contributed by atoms with Gasteiger partial charge in [-0.1, -0.05) is 24.3 Å². The van der Waals surface area contributed by atoms with Crippen molar-refractivity contribution in [3.8, 4) is 0 Å². The number of hydrogen-bond acceptors (Lipinski definition) is 4. The zero-order chi connectivity index (χ0) is 16.4. The maximum absolute atomic E-state index is 13.0. The molecule has 2 aromatic carbocycles. The third-order valence-electron chi connectivity index (χ3n) is 3.25. The number of thioether (sulfide) groups is 1. The predicted molar refractivity (Wildman–Crippen MR) is 86.7 cm³/mol. The van der Waals surface area contributed by atoms with Crippen molar-refractivity contribution in [1.82, 2.24) is 0 Å². The Bertz CT molecular complexity index is 813. The van der Waals surface area contributed by atoms with Crippen molar-refractivity contribution in [2.45, 2.75) is 0 Å². The number of carbonyl (C=O) groups is 3. The number of hydrogen-bond donors (Lipinski definition) is 0. The topological polar surface area (TPSA) is 54.5 Å². The normalized spacial score (nSPS) is 16.2. The largest absolute Gasteiger partial charge is 0.298 e. The first-order valence-corrected chi connectivity index (χ1v) is 7.49. The highest BCUT2D eigenvalue weighted by Crippen LogP contribution is 2.35. The molecule has 0 N–H and O–H groups in total. The highest BCUT2D eigenvalue weighted by atomic mass is 32.2. The van der Waals surface area contributed by atoms with E-state index >= 15 is 0 Å². The summed E-state index contributed by atoms with van der Waals surface area (Å²) in [6.07, 6.45) is 2.31. The van der Waals surface area contributed by atoms with Gasteiger partial charge in [-0.05, 0) is 47.7 Å². The molecule has 2 amide bonds. The highest BCUT2D eigenvalue weighted by molar-refractivity contribution is 8.19. The third-order valence-corrected chi connectivity index (χ3v) is 4.12. The minimum absolute atomic E-state index is 0.276. The van der Waals surface area contributed by atoms with Crippen molar-refractivity contribution in [3.05, 3.63) is 70.4 Å². The Labute approximate surface area is 135 Å². The van der Waals surface area contributed by atoms with E-state index in [0.29, 0.717) is 16.8 Å². The quantitative estimate of drug-likeness (QED) is 0.634. The van der Waals surface area contributed by atoms with Crippen molar-refractivity contribution in [2.24, 2.45) is 0 Å². The molecule has 1 aliphatic heterocycles. The minimum Gasteiger partial charge on any atom is -0.298 e. The van der Waals surface area contributed by atoms with Crippen LogP contribution in [0.3, 0.4) is 0 Å². The fourth-order valence-electron chi connectivity index (χ4n) is 2.10. The van der Waals surface area contributed by atoms with E-state index in [2.05, 4.69) is 0 Å². The first-order chi connectivity index (χ1) is 11.1. The SMILES string of the molecule is O=Cc1ccc(/C=C2\SC(=O)N(c3ccc(F)cc3)C2=O)cc1. The van der Waals surface area contributed by atoms with Crippen molar-refractivity contribution in [3.63, 3.8) is 0 Å². The molecule has 0 radical (unpaired) electrons. The Morgan fingerprint density at radius 2 is 1.52 bits per heavy atom. The summed E-state index contributed by atoms with van der Waals surface area (Å²) in [5.74, 6) is -0.891. The van der Waals surface area contributed by atoms with Crippen LogP contribution in [-0.2, 0) is 4.79 Å². The molecule has 6 heteroatoms. The second-order valence-corrected chi connectivity index (χ2v) is 5.77. The fraction of sp³-hybridized carbons (Fsp3) is 0. The lowest BCUT2D eigenvalue weighted by Gasteiger charge is -2.11. The van der Waals surface area contributed by atoms with Gasteiger partial charge < -0.3 is 0 Å². The number of imide groups is 1. The van der Waals surface area contributed by atoms with Gasteiger partial charge >= 0.3 is 0 Å². The summed E-state index contributed by atoms with van der Waals surface area (Å²) in [5.41, 5.74) is 1.57. The fourth-order valence-corrected chi connectivity index (χ4v) is 2.94. The van der Waals surface area contributed by atoms with Crippen LogP contribution in [0.15, 0.2) is 53.4 Å². The Balaban J connectivity index is 1.89. The molecular formula is C17H10FNO3S. The van der Waals surface area contributed by atoms with E-state index in [1.807, 2.05) is 0 Å². The van der Waals surface area contributed by atoms with Gasteiger partial charge in [-0.3, -0.25) is 14.4 Å². The van der Waals surface area contributed by atoms with Crippen LogP contribution in [0, 0.1) is 5.82 Å². The Kier molecular flexibility index (Phi) is 4.08. The Hall–Kier alpha value is -2.73. The van der Waals surface area contributed by atoms with E-state index in [4.69, 9.17) is 0 Å². The van der Waals surface area contributed by atoms with E-state index in [9.17, 15) is 18.8 Å². The molecule has 3 rings (SSSR count). The number of aldehydes is 1. The molecule has 0 spiro atoms. The molecule has 23 heavy (non-hydrogen) atoms. The molecule has 1 aliphatic rings. The van der Waals surface area contributed by atoms with Gasteiger partial charge in [0.25, 0.3) is 11.1 Å². The van der Waals surface area contributed by atoms with E-state index in [-0.39, 0.29) is 4.91 Å². The van der Waals surface area contributed by atoms with Crippen molar-refractivity contribution in [2.75, 3.05) is 4.90 Å².